The Hall–Kier alpha value is -2.93. The average Bonchev–Trinajstić information content (AvgIpc) is 2.89. The first kappa shape index (κ1) is 15.6. The van der Waals surface area contributed by atoms with Crippen LogP contribution in [0.15, 0.2) is 64.7 Å². The van der Waals surface area contributed by atoms with Gasteiger partial charge in [0, 0.05) is 5.75 Å². The van der Waals surface area contributed by atoms with Crippen molar-refractivity contribution in [1.29, 1.82) is 0 Å². The summed E-state index contributed by atoms with van der Waals surface area (Å²) < 4.78 is 0. The van der Waals surface area contributed by atoms with Gasteiger partial charge in [-0.1, -0.05) is 42.1 Å². The summed E-state index contributed by atoms with van der Waals surface area (Å²) in [5.74, 6) is 0.0422. The SMILES string of the molecule is O=C1c2ccccc2C(=O)N1CC1=NNC(=Nc2ccccc2)SC1. The van der Waals surface area contributed by atoms with Gasteiger partial charge in [0.2, 0.25) is 0 Å². The van der Waals surface area contributed by atoms with Crippen molar-refractivity contribution in [3.63, 3.8) is 0 Å². The molecule has 0 aliphatic carbocycles. The predicted molar refractivity (Wildman–Crippen MR) is 98.4 cm³/mol. The molecule has 0 bridgehead atoms. The fourth-order valence-corrected chi connectivity index (χ4v) is 3.41. The van der Waals surface area contributed by atoms with E-state index in [-0.39, 0.29) is 18.4 Å². The van der Waals surface area contributed by atoms with Crippen molar-refractivity contribution in [1.82, 2.24) is 10.3 Å². The van der Waals surface area contributed by atoms with E-state index >= 15 is 0 Å². The quantitative estimate of drug-likeness (QED) is 0.864. The summed E-state index contributed by atoms with van der Waals surface area (Å²) in [4.78, 5) is 30.5. The molecule has 0 spiro atoms. The summed E-state index contributed by atoms with van der Waals surface area (Å²) in [6.45, 7) is 0.185. The molecule has 0 atom stereocenters. The fourth-order valence-electron chi connectivity index (χ4n) is 2.67. The van der Waals surface area contributed by atoms with Gasteiger partial charge < -0.3 is 0 Å². The van der Waals surface area contributed by atoms with E-state index in [2.05, 4.69) is 15.5 Å². The predicted octanol–water partition coefficient (Wildman–Crippen LogP) is 2.66. The molecule has 25 heavy (non-hydrogen) atoms. The van der Waals surface area contributed by atoms with E-state index in [0.29, 0.717) is 22.0 Å². The van der Waals surface area contributed by atoms with E-state index in [4.69, 9.17) is 0 Å². The lowest BCUT2D eigenvalue weighted by atomic mass is 10.1. The summed E-state index contributed by atoms with van der Waals surface area (Å²) in [5.41, 5.74) is 5.38. The highest BCUT2D eigenvalue weighted by molar-refractivity contribution is 8.14. The third-order valence-electron chi connectivity index (χ3n) is 3.89. The number of rotatable bonds is 3. The maximum Gasteiger partial charge on any atom is 0.261 e. The van der Waals surface area contributed by atoms with Crippen LogP contribution >= 0.6 is 11.8 Å². The lowest BCUT2D eigenvalue weighted by Gasteiger charge is -2.19. The van der Waals surface area contributed by atoms with Gasteiger partial charge in [-0.15, -0.1) is 0 Å². The minimum atomic E-state index is -0.267. The Morgan fingerprint density at radius 2 is 1.64 bits per heavy atom. The highest BCUT2D eigenvalue weighted by Gasteiger charge is 2.36. The summed E-state index contributed by atoms with van der Waals surface area (Å²) in [5, 5.41) is 4.96. The van der Waals surface area contributed by atoms with Crippen LogP contribution in [0.5, 0.6) is 0 Å². The molecule has 0 unspecified atom stereocenters. The van der Waals surface area contributed by atoms with Crippen LogP contribution in [0.2, 0.25) is 0 Å². The Kier molecular flexibility index (Phi) is 4.07. The number of hydrogen-bond acceptors (Lipinski definition) is 5. The smallest absolute Gasteiger partial charge is 0.261 e. The zero-order valence-corrected chi connectivity index (χ0v) is 14.0. The maximum absolute atomic E-state index is 12.4. The van der Waals surface area contributed by atoms with E-state index in [1.165, 1.54) is 16.7 Å². The van der Waals surface area contributed by atoms with Crippen molar-refractivity contribution in [2.75, 3.05) is 12.3 Å². The lowest BCUT2D eigenvalue weighted by molar-refractivity contribution is 0.0677. The molecule has 6 nitrogen and oxygen atoms in total. The molecule has 2 aromatic rings. The molecule has 0 saturated heterocycles. The van der Waals surface area contributed by atoms with Crippen LogP contribution in [0.3, 0.4) is 0 Å². The number of nitrogens with zero attached hydrogens (tertiary/aromatic N) is 3. The van der Waals surface area contributed by atoms with Crippen molar-refractivity contribution < 1.29 is 9.59 Å². The number of amides is 2. The number of imide groups is 1. The van der Waals surface area contributed by atoms with Gasteiger partial charge in [-0.05, 0) is 24.3 Å². The van der Waals surface area contributed by atoms with Gasteiger partial charge in [-0.25, -0.2) is 4.99 Å². The molecule has 0 aromatic heterocycles. The van der Waals surface area contributed by atoms with Crippen LogP contribution < -0.4 is 5.43 Å². The first-order chi connectivity index (χ1) is 12.2. The Bertz CT molecular complexity index is 873. The molecule has 124 valence electrons. The van der Waals surface area contributed by atoms with Crippen LogP contribution in [0.25, 0.3) is 0 Å². The molecule has 0 fully saturated rings. The largest absolute Gasteiger partial charge is 0.269 e. The van der Waals surface area contributed by atoms with Crippen LogP contribution in [0, 0.1) is 0 Å². The minimum Gasteiger partial charge on any atom is -0.269 e. The van der Waals surface area contributed by atoms with Crippen molar-refractivity contribution >= 4 is 40.1 Å². The normalized spacial score (nSPS) is 18.2. The highest BCUT2D eigenvalue weighted by atomic mass is 32.2. The van der Waals surface area contributed by atoms with Crippen LogP contribution in [0.1, 0.15) is 20.7 Å². The molecule has 1 N–H and O–H groups in total. The number of hydrazone groups is 1. The molecule has 2 aliphatic rings. The summed E-state index contributed by atoms with van der Waals surface area (Å²) in [6.07, 6.45) is 0. The lowest BCUT2D eigenvalue weighted by Crippen LogP contribution is -2.38. The number of hydrogen-bond donors (Lipinski definition) is 1. The standard InChI is InChI=1S/C18H14N4O2S/c23-16-14-8-4-5-9-15(14)17(24)22(16)10-13-11-25-18(21-20-13)19-12-6-2-1-3-7-12/h1-9H,10-11H2,(H,19,21). The van der Waals surface area contributed by atoms with Crippen LogP contribution in [-0.4, -0.2) is 39.9 Å². The molecule has 2 aromatic carbocycles. The van der Waals surface area contributed by atoms with Gasteiger partial charge in [0.05, 0.1) is 29.1 Å². The molecule has 2 heterocycles. The number of carbonyl (C=O) groups is 2. The molecule has 7 heteroatoms. The Morgan fingerprint density at radius 3 is 2.24 bits per heavy atom. The first-order valence-electron chi connectivity index (χ1n) is 7.75. The molecule has 4 rings (SSSR count). The second-order valence-electron chi connectivity index (χ2n) is 5.57. The number of para-hydroxylation sites is 1. The van der Waals surface area contributed by atoms with E-state index in [1.807, 2.05) is 30.3 Å². The van der Waals surface area contributed by atoms with E-state index in [0.717, 1.165) is 11.4 Å². The van der Waals surface area contributed by atoms with E-state index in [9.17, 15) is 9.59 Å². The van der Waals surface area contributed by atoms with E-state index in [1.54, 1.807) is 24.3 Å². The van der Waals surface area contributed by atoms with Gasteiger partial charge in [0.1, 0.15) is 0 Å². The number of nitrogens with one attached hydrogen (secondary N) is 1. The topological polar surface area (TPSA) is 74.1 Å². The zero-order chi connectivity index (χ0) is 17.2. The Morgan fingerprint density at radius 1 is 1.00 bits per heavy atom. The third kappa shape index (κ3) is 3.06. The van der Waals surface area contributed by atoms with Gasteiger partial charge in [0.15, 0.2) is 5.17 Å². The molecule has 0 radical (unpaired) electrons. The minimum absolute atomic E-state index is 0.185. The average molecular weight is 350 g/mol. The van der Waals surface area contributed by atoms with Crippen molar-refractivity contribution in [3.05, 3.63) is 65.7 Å². The summed E-state index contributed by atoms with van der Waals surface area (Å²) in [6, 6.07) is 16.5. The fraction of sp³-hybridized carbons (Fsp3) is 0.111. The third-order valence-corrected chi connectivity index (χ3v) is 4.82. The number of aliphatic imine (C=N–C) groups is 1. The van der Waals surface area contributed by atoms with Gasteiger partial charge in [-0.3, -0.25) is 19.9 Å². The van der Waals surface area contributed by atoms with Crippen molar-refractivity contribution in [2.24, 2.45) is 10.1 Å². The van der Waals surface area contributed by atoms with Gasteiger partial charge >= 0.3 is 0 Å². The number of carbonyl (C=O) groups excluding carboxylic acids is 2. The van der Waals surface area contributed by atoms with Crippen molar-refractivity contribution in [2.45, 2.75) is 0 Å². The molecule has 0 saturated carbocycles. The molecular weight excluding hydrogens is 336 g/mol. The Balaban J connectivity index is 1.46. The summed E-state index contributed by atoms with van der Waals surface area (Å²) in [7, 11) is 0. The monoisotopic (exact) mass is 350 g/mol. The molecular formula is C18H14N4O2S. The number of amidine groups is 1. The second kappa shape index (κ2) is 6.52. The van der Waals surface area contributed by atoms with Gasteiger partial charge in [-0.2, -0.15) is 5.10 Å². The Labute approximate surface area is 148 Å². The maximum atomic E-state index is 12.4. The van der Waals surface area contributed by atoms with Crippen LogP contribution in [0.4, 0.5) is 5.69 Å². The zero-order valence-electron chi connectivity index (χ0n) is 13.2. The van der Waals surface area contributed by atoms with Crippen molar-refractivity contribution in [3.8, 4) is 0 Å². The van der Waals surface area contributed by atoms with E-state index < -0.39 is 0 Å². The number of thioether (sulfide) groups is 1. The second-order valence-corrected chi connectivity index (χ2v) is 6.54. The van der Waals surface area contributed by atoms with Gasteiger partial charge in [0.25, 0.3) is 11.8 Å². The number of fused-ring (bicyclic) bond motifs is 1. The van der Waals surface area contributed by atoms with Crippen LogP contribution in [-0.2, 0) is 0 Å². The summed E-state index contributed by atoms with van der Waals surface area (Å²) >= 11 is 1.49. The molecule has 2 aliphatic heterocycles. The highest BCUT2D eigenvalue weighted by Crippen LogP contribution is 2.23. The number of benzene rings is 2. The molecule has 2 amide bonds. The first-order valence-corrected chi connectivity index (χ1v) is 8.74.